The quantitative estimate of drug-likeness (QED) is 0.0330. The number of pyridine rings is 6. The highest BCUT2D eigenvalue weighted by Gasteiger charge is 2.32. The zero-order valence-electron chi connectivity index (χ0n) is 80.2. The van der Waals surface area contributed by atoms with Gasteiger partial charge in [0.05, 0.1) is 104 Å². The van der Waals surface area contributed by atoms with Crippen LogP contribution >= 0.6 is 34.8 Å². The molecule has 20 rings (SSSR count). The van der Waals surface area contributed by atoms with Gasteiger partial charge in [0.1, 0.15) is 120 Å². The average Bonchev–Trinajstić information content (AvgIpc) is 0.771. The number of nitrogens with zero attached hydrogens (tertiary/aromatic N) is 9. The van der Waals surface area contributed by atoms with Crippen molar-refractivity contribution in [2.75, 3.05) is 128 Å². The van der Waals surface area contributed by atoms with Crippen molar-refractivity contribution in [3.63, 3.8) is 0 Å². The number of nitriles is 1. The van der Waals surface area contributed by atoms with Gasteiger partial charge in [-0.15, -0.1) is 0 Å². The topological polar surface area (TPSA) is 351 Å². The normalized spacial score (nSPS) is 13.5. The summed E-state index contributed by atoms with van der Waals surface area (Å²) in [6, 6.07) is 48.8. The first-order valence-electron chi connectivity index (χ1n) is 48.1. The third kappa shape index (κ3) is 23.8. The van der Waals surface area contributed by atoms with Crippen LogP contribution in [0, 0.1) is 28.8 Å². The van der Waals surface area contributed by atoms with Crippen LogP contribution in [0.3, 0.4) is 0 Å². The lowest BCUT2D eigenvalue weighted by molar-refractivity contribution is 0.101. The van der Waals surface area contributed by atoms with Gasteiger partial charge >= 0.3 is 0 Å². The summed E-state index contributed by atoms with van der Waals surface area (Å²) < 4.78 is 128. The monoisotopic (exact) mass is 2070 g/mol. The van der Waals surface area contributed by atoms with Crippen molar-refractivity contribution >= 4 is 102 Å². The maximum absolute atomic E-state index is 13.5. The van der Waals surface area contributed by atoms with E-state index in [1.165, 1.54) is 175 Å². The predicted octanol–water partition coefficient (Wildman–Crippen LogP) is 21.6. The second-order valence-electron chi connectivity index (χ2n) is 34.3. The maximum Gasteiger partial charge on any atom is 0.271 e. The van der Waals surface area contributed by atoms with E-state index in [2.05, 4.69) is 46.8 Å². The minimum Gasteiger partial charge on any atom is -0.496 e. The number of hydrogen-bond donors (Lipinski definition) is 3. The number of amides is 3. The fourth-order valence-electron chi connectivity index (χ4n) is 17.4. The number of aromatic nitrogens is 6. The first kappa shape index (κ1) is 102. The Bertz CT molecular complexity index is 7680. The van der Waals surface area contributed by atoms with Crippen LogP contribution in [0.2, 0.25) is 15.1 Å². The first-order chi connectivity index (χ1) is 72.2. The molecule has 5 aliphatic rings. The Hall–Kier alpha value is -16.3. The number of unbranched alkanes of at least 4 members (excludes halogenated alkanes) is 1. The molecule has 2 saturated heterocycles. The van der Waals surface area contributed by atoms with Gasteiger partial charge in [-0.1, -0.05) is 47.6 Å². The van der Waals surface area contributed by atoms with E-state index in [9.17, 15) is 41.9 Å². The van der Waals surface area contributed by atoms with Gasteiger partial charge in [0.25, 0.3) is 34.4 Å². The number of methoxy groups -OCH3 is 1. The largest absolute Gasteiger partial charge is 0.496 e. The standard InChI is InChI=1S/C38H36ClFN4O7.C37H34ClFN4O6.C35H28ClFN4O7/c1-47-30-13-18-44(25-8-6-24(40)7-9-25)38(46)34(30)37(45)42-28-11-10-26(22-27(28)39)51-31-12-14-41-29-23-32(35-36(33(29)31)50-21-20-49-35)48-19-5-17-43-15-3-2-4-16-43;38-28-22-26(11-12-29(28)41-36(44)27-6-4-18-43(37(27)45)25-9-7-24(39)8-10-25)49-31-13-14-40-30-23-32(34-35(33(30)31)48-21-20-47-34)46-19-5-17-42-15-2-1-3-16-42;1-2-44-27-12-15-41(22-7-5-21(37)6-8-22)35(43)31(27)34(42)40-25-10-9-23(19-24(25)36)48-28-11-14-39-26-20-29(45-16-4-3-13-38)32-33(30(26)28)47-18-17-46-32/h6-14,18,22-23H,2-5,15-17,19-21H2,1H3,(H,42,45);4,6-14,18,22-23H,1-3,5,15-17,19-21H2,(H,41,44);5-12,14-15,19-20H,2-4,16-18H2,1H3,(H,40,42). The molecule has 11 heterocycles. The second-order valence-corrected chi connectivity index (χ2v) is 35.6. The summed E-state index contributed by atoms with van der Waals surface area (Å²) in [5.41, 5.74) is 1.23. The molecular weight excluding hydrogens is 1970 g/mol. The van der Waals surface area contributed by atoms with Crippen molar-refractivity contribution in [3.8, 4) is 121 Å². The van der Waals surface area contributed by atoms with Gasteiger partial charge in [-0.25, -0.2) is 13.2 Å². The number of hydrogen-bond acceptors (Lipinski definition) is 26. The fourth-order valence-corrected chi connectivity index (χ4v) is 18.1. The highest BCUT2D eigenvalue weighted by atomic mass is 35.5. The Morgan fingerprint density at radius 3 is 1.11 bits per heavy atom. The lowest BCUT2D eigenvalue weighted by Crippen LogP contribution is -2.31. The van der Waals surface area contributed by atoms with E-state index in [0.717, 1.165) is 52.1 Å². The SMILES string of the molecule is CCOc1ccn(-c2ccc(F)cc2)c(=O)c1C(=O)Nc1ccc(Oc2ccnc3cc(OCCCC#N)c4c(c23)OCCO4)cc1Cl.COc1ccn(-c2ccc(F)cc2)c(=O)c1C(=O)Nc1ccc(Oc2ccnc3cc(OCCCN4CCCCC4)c4c(c23)OCCO4)cc1Cl.O=C(Nc1ccc(Oc2ccnc3cc(OCCCN4CCCCC4)c4c(c23)OCCO4)cc1Cl)c1cccn(-c2ccc(F)cc2)c1=O. The second kappa shape index (κ2) is 47.7. The third-order valence-corrected chi connectivity index (χ3v) is 25.4. The zero-order chi connectivity index (χ0) is 103. The van der Waals surface area contributed by atoms with Gasteiger partial charge in [-0.05, 0) is 230 Å². The Morgan fingerprint density at radius 1 is 0.392 bits per heavy atom. The van der Waals surface area contributed by atoms with E-state index >= 15 is 0 Å². The average molecular weight is 2070 g/mol. The molecule has 6 aromatic heterocycles. The van der Waals surface area contributed by atoms with Crippen molar-refractivity contribution in [2.24, 2.45) is 0 Å². The maximum atomic E-state index is 13.5. The number of fused-ring (bicyclic) bond motifs is 9. The molecule has 3 N–H and O–H groups in total. The van der Waals surface area contributed by atoms with Gasteiger partial charge < -0.3 is 92.1 Å². The number of benzene rings is 9. The van der Waals surface area contributed by atoms with Gasteiger partial charge in [0.2, 0.25) is 17.2 Å². The summed E-state index contributed by atoms with van der Waals surface area (Å²) in [5, 5.41) is 19.2. The predicted molar refractivity (Wildman–Crippen MR) is 551 cm³/mol. The number of rotatable bonds is 32. The van der Waals surface area contributed by atoms with Crippen LogP contribution < -0.4 is 98.9 Å². The summed E-state index contributed by atoms with van der Waals surface area (Å²) in [5.74, 6) is 3.63. The van der Waals surface area contributed by atoms with Crippen LogP contribution in [-0.4, -0.2) is 169 Å². The summed E-state index contributed by atoms with van der Waals surface area (Å²) in [6.45, 7) is 12.1. The Kier molecular flexibility index (Phi) is 32.8. The molecule has 0 aliphatic carbocycles. The molecule has 0 unspecified atom stereocenters. The number of nitrogens with one attached hydrogen (secondary N) is 3. The van der Waals surface area contributed by atoms with Crippen molar-refractivity contribution in [1.29, 1.82) is 5.26 Å². The van der Waals surface area contributed by atoms with Gasteiger partial charge in [0.15, 0.2) is 34.5 Å². The number of anilines is 3. The van der Waals surface area contributed by atoms with E-state index in [1.54, 1.807) is 104 Å². The molecule has 2 fully saturated rings. The molecule has 5 aliphatic heterocycles. The Labute approximate surface area is 860 Å². The van der Waals surface area contributed by atoms with Crippen LogP contribution in [0.1, 0.15) is 102 Å². The number of halogens is 6. The molecule has 760 valence electrons. The minimum atomic E-state index is -0.745. The number of carbonyl (C=O) groups is 3. The van der Waals surface area contributed by atoms with E-state index in [-0.39, 0.29) is 66.9 Å². The van der Waals surface area contributed by atoms with Crippen LogP contribution in [0.4, 0.5) is 30.2 Å². The molecular formula is C110H98Cl3F3N12O20. The summed E-state index contributed by atoms with van der Waals surface area (Å²) in [4.78, 5) is 98.6. The number of carbonyl (C=O) groups excluding carboxylic acids is 3. The van der Waals surface area contributed by atoms with E-state index in [0.29, 0.717) is 208 Å². The Balaban J connectivity index is 0.000000145. The molecule has 3 amide bonds. The van der Waals surface area contributed by atoms with Gasteiger partial charge in [-0.2, -0.15) is 5.26 Å². The highest BCUT2D eigenvalue weighted by molar-refractivity contribution is 6.35. The van der Waals surface area contributed by atoms with E-state index in [4.69, 9.17) is 106 Å². The summed E-state index contributed by atoms with van der Waals surface area (Å²) in [6.07, 6.45) is 19.6. The van der Waals surface area contributed by atoms with Gasteiger partial charge in [-0.3, -0.25) is 57.4 Å². The van der Waals surface area contributed by atoms with E-state index in [1.807, 2.05) is 12.1 Å². The number of ether oxygens (including phenoxy) is 14. The first-order valence-corrected chi connectivity index (χ1v) is 49.2. The summed E-state index contributed by atoms with van der Waals surface area (Å²) >= 11 is 19.8. The number of piperidine rings is 2. The molecule has 0 bridgehead atoms. The smallest absolute Gasteiger partial charge is 0.271 e. The fraction of sp³-hybridized carbons (Fsp3) is 0.255. The van der Waals surface area contributed by atoms with Crippen LogP contribution in [0.25, 0.3) is 49.8 Å². The van der Waals surface area contributed by atoms with Crippen LogP contribution in [0.5, 0.6) is 97.7 Å². The molecule has 15 aromatic rings. The molecule has 148 heavy (non-hydrogen) atoms. The zero-order valence-corrected chi connectivity index (χ0v) is 82.5. The van der Waals surface area contributed by atoms with Crippen molar-refractivity contribution < 1.29 is 93.9 Å². The van der Waals surface area contributed by atoms with Crippen LogP contribution in [0.15, 0.2) is 240 Å². The molecule has 0 saturated carbocycles. The Morgan fingerprint density at radius 2 is 0.743 bits per heavy atom. The van der Waals surface area contributed by atoms with Crippen molar-refractivity contribution in [1.82, 2.24) is 38.5 Å². The lowest BCUT2D eigenvalue weighted by Gasteiger charge is -2.26. The van der Waals surface area contributed by atoms with Crippen molar-refractivity contribution in [2.45, 2.75) is 71.1 Å². The molecule has 0 radical (unpaired) electrons. The summed E-state index contributed by atoms with van der Waals surface area (Å²) in [7, 11) is 1.36. The lowest BCUT2D eigenvalue weighted by atomic mass is 10.1. The van der Waals surface area contributed by atoms with Gasteiger partial charge in [0, 0.05) is 110 Å². The van der Waals surface area contributed by atoms with E-state index < -0.39 is 51.9 Å². The minimum absolute atomic E-state index is 0.0667. The molecule has 38 heteroatoms. The third-order valence-electron chi connectivity index (χ3n) is 24.5. The van der Waals surface area contributed by atoms with Crippen LogP contribution in [-0.2, 0) is 0 Å². The molecule has 32 nitrogen and oxygen atoms in total. The molecule has 0 spiro atoms. The number of likely N-dealkylation sites (tertiary alicyclic amines) is 2. The van der Waals surface area contributed by atoms with Crippen molar-refractivity contribution in [3.05, 3.63) is 306 Å². The molecule has 9 aromatic carbocycles. The highest BCUT2D eigenvalue weighted by Crippen LogP contribution is 2.53. The molecule has 0 atom stereocenters.